The minimum absolute atomic E-state index is 0.160. The first-order valence-corrected chi connectivity index (χ1v) is 9.26. The van der Waals surface area contributed by atoms with Gasteiger partial charge in [0.25, 0.3) is 11.8 Å². The molecular weight excluding hydrogens is 403 g/mol. The van der Waals surface area contributed by atoms with Crippen LogP contribution in [0.4, 0.5) is 10.1 Å². The molecule has 6 nitrogen and oxygen atoms in total. The molecule has 0 bridgehead atoms. The number of nitrogens with zero attached hydrogens (tertiary/aromatic N) is 2. The molecule has 2 aromatic carbocycles. The third-order valence-electron chi connectivity index (χ3n) is 4.03. The van der Waals surface area contributed by atoms with Gasteiger partial charge < -0.3 is 11.1 Å². The molecule has 4 aromatic rings. The van der Waals surface area contributed by atoms with Gasteiger partial charge in [-0.05, 0) is 48.5 Å². The lowest BCUT2D eigenvalue weighted by atomic mass is 10.2. The van der Waals surface area contributed by atoms with Crippen molar-refractivity contribution in [2.75, 3.05) is 5.32 Å². The standard InChI is InChI=1S/C19H12ClFN4O2S/c20-16-13-6-1-10(21)9-15(13)28-17(16)19(27)23-11-2-4-12(5-3-11)25-8-7-14(24-25)18(22)26/h1-9H,(H2,22,26)(H,23,27). The Morgan fingerprint density at radius 3 is 2.57 bits per heavy atom. The maximum atomic E-state index is 13.4. The Balaban J connectivity index is 1.55. The molecular formula is C19H12ClFN4O2S. The van der Waals surface area contributed by atoms with Crippen LogP contribution >= 0.6 is 22.9 Å². The summed E-state index contributed by atoms with van der Waals surface area (Å²) < 4.78 is 15.5. The molecule has 28 heavy (non-hydrogen) atoms. The van der Waals surface area contributed by atoms with E-state index in [1.807, 2.05) is 0 Å². The van der Waals surface area contributed by atoms with E-state index in [0.29, 0.717) is 31.4 Å². The van der Waals surface area contributed by atoms with Gasteiger partial charge in [0, 0.05) is 22.0 Å². The van der Waals surface area contributed by atoms with Crippen LogP contribution in [0, 0.1) is 5.82 Å². The van der Waals surface area contributed by atoms with Gasteiger partial charge in [0.1, 0.15) is 16.4 Å². The van der Waals surface area contributed by atoms with Crippen LogP contribution < -0.4 is 11.1 Å². The van der Waals surface area contributed by atoms with E-state index >= 15 is 0 Å². The van der Waals surface area contributed by atoms with Crippen LogP contribution in [0.25, 0.3) is 15.8 Å². The number of hydrogen-bond donors (Lipinski definition) is 2. The molecule has 0 aliphatic heterocycles. The fourth-order valence-corrected chi connectivity index (χ4v) is 4.11. The van der Waals surface area contributed by atoms with Gasteiger partial charge >= 0.3 is 0 Å². The molecule has 0 atom stereocenters. The molecule has 3 N–H and O–H groups in total. The minimum atomic E-state index is -0.609. The zero-order valence-electron chi connectivity index (χ0n) is 14.1. The molecule has 0 aliphatic rings. The number of nitrogens with two attached hydrogens (primary N) is 1. The van der Waals surface area contributed by atoms with Crippen LogP contribution in [0.15, 0.2) is 54.7 Å². The smallest absolute Gasteiger partial charge is 0.269 e. The zero-order chi connectivity index (χ0) is 19.8. The molecule has 0 unspecified atom stereocenters. The third-order valence-corrected chi connectivity index (χ3v) is 5.68. The highest BCUT2D eigenvalue weighted by Gasteiger charge is 2.18. The summed E-state index contributed by atoms with van der Waals surface area (Å²) in [6.45, 7) is 0. The lowest BCUT2D eigenvalue weighted by Crippen LogP contribution is -2.12. The van der Waals surface area contributed by atoms with Gasteiger partial charge in [-0.2, -0.15) is 5.10 Å². The van der Waals surface area contributed by atoms with Gasteiger partial charge in [-0.25, -0.2) is 9.07 Å². The van der Waals surface area contributed by atoms with E-state index in [4.69, 9.17) is 17.3 Å². The second-order valence-corrected chi connectivity index (χ2v) is 7.33. The van der Waals surface area contributed by atoms with Crippen molar-refractivity contribution in [2.24, 2.45) is 5.73 Å². The number of halogens is 2. The highest BCUT2D eigenvalue weighted by Crippen LogP contribution is 2.36. The number of rotatable bonds is 4. The Bertz CT molecular complexity index is 1220. The number of primary amides is 1. The van der Waals surface area contributed by atoms with Crippen LogP contribution in [-0.2, 0) is 0 Å². The number of anilines is 1. The average molecular weight is 415 g/mol. The second-order valence-electron chi connectivity index (χ2n) is 5.90. The predicted molar refractivity (Wildman–Crippen MR) is 107 cm³/mol. The van der Waals surface area contributed by atoms with Gasteiger partial charge in [-0.15, -0.1) is 11.3 Å². The van der Waals surface area contributed by atoms with Crippen LogP contribution in [-0.4, -0.2) is 21.6 Å². The first-order valence-electron chi connectivity index (χ1n) is 8.07. The number of carbonyl (C=O) groups is 2. The van der Waals surface area contributed by atoms with Gasteiger partial charge in [0.15, 0.2) is 0 Å². The fraction of sp³-hybridized carbons (Fsp3) is 0. The Morgan fingerprint density at radius 1 is 1.14 bits per heavy atom. The molecule has 0 saturated carbocycles. The number of nitrogens with one attached hydrogen (secondary N) is 1. The van der Waals surface area contributed by atoms with Crippen LogP contribution in [0.2, 0.25) is 5.02 Å². The Hall–Kier alpha value is -3.23. The molecule has 4 rings (SSSR count). The highest BCUT2D eigenvalue weighted by atomic mass is 35.5. The van der Waals surface area contributed by atoms with Gasteiger partial charge in [-0.1, -0.05) is 11.6 Å². The van der Waals surface area contributed by atoms with Gasteiger partial charge in [0.2, 0.25) is 0 Å². The number of benzene rings is 2. The first kappa shape index (κ1) is 18.1. The average Bonchev–Trinajstić information content (AvgIpc) is 3.28. The van der Waals surface area contributed by atoms with Crippen molar-refractivity contribution < 1.29 is 14.0 Å². The lowest BCUT2D eigenvalue weighted by Gasteiger charge is -2.06. The molecule has 2 amide bonds. The number of amides is 2. The SMILES string of the molecule is NC(=O)c1ccn(-c2ccc(NC(=O)c3sc4cc(F)ccc4c3Cl)cc2)n1. The first-order chi connectivity index (χ1) is 13.4. The van der Waals surface area contributed by atoms with E-state index in [1.54, 1.807) is 36.5 Å². The molecule has 140 valence electrons. The quantitative estimate of drug-likeness (QED) is 0.523. The summed E-state index contributed by atoms with van der Waals surface area (Å²) >= 11 is 7.41. The Morgan fingerprint density at radius 2 is 1.89 bits per heavy atom. The van der Waals surface area contributed by atoms with E-state index in [2.05, 4.69) is 10.4 Å². The zero-order valence-corrected chi connectivity index (χ0v) is 15.7. The summed E-state index contributed by atoms with van der Waals surface area (Å²) in [4.78, 5) is 24.0. The number of aromatic nitrogens is 2. The third kappa shape index (κ3) is 3.35. The fourth-order valence-electron chi connectivity index (χ4n) is 2.67. The highest BCUT2D eigenvalue weighted by molar-refractivity contribution is 7.21. The summed E-state index contributed by atoms with van der Waals surface area (Å²) in [5.41, 5.74) is 6.60. The summed E-state index contributed by atoms with van der Waals surface area (Å²) in [7, 11) is 0. The topological polar surface area (TPSA) is 90.0 Å². The molecule has 0 spiro atoms. The number of hydrogen-bond acceptors (Lipinski definition) is 4. The minimum Gasteiger partial charge on any atom is -0.364 e. The maximum Gasteiger partial charge on any atom is 0.269 e. The second kappa shape index (κ2) is 7.06. The lowest BCUT2D eigenvalue weighted by molar-refractivity contribution is 0.0993. The Kier molecular flexibility index (Phi) is 4.58. The molecule has 0 saturated heterocycles. The van der Waals surface area contributed by atoms with E-state index in [9.17, 15) is 14.0 Å². The van der Waals surface area contributed by atoms with Crippen LogP contribution in [0.3, 0.4) is 0 Å². The summed E-state index contributed by atoms with van der Waals surface area (Å²) in [5.74, 6) is -1.37. The number of fused-ring (bicyclic) bond motifs is 1. The predicted octanol–water partition coefficient (Wildman–Crippen LogP) is 4.23. The van der Waals surface area contributed by atoms with Crippen molar-refractivity contribution in [1.82, 2.24) is 9.78 Å². The maximum absolute atomic E-state index is 13.4. The number of carbonyl (C=O) groups excluding carboxylic acids is 2. The van der Waals surface area contributed by atoms with E-state index < -0.39 is 5.91 Å². The summed E-state index contributed by atoms with van der Waals surface area (Å²) in [6, 6.07) is 12.6. The molecule has 9 heteroatoms. The van der Waals surface area contributed by atoms with Gasteiger partial charge in [-0.3, -0.25) is 9.59 Å². The normalized spacial score (nSPS) is 10.9. The van der Waals surface area contributed by atoms with E-state index in [0.717, 1.165) is 11.3 Å². The van der Waals surface area contributed by atoms with Crippen molar-refractivity contribution in [3.8, 4) is 5.69 Å². The largest absolute Gasteiger partial charge is 0.364 e. The van der Waals surface area contributed by atoms with Gasteiger partial charge in [0.05, 0.1) is 10.7 Å². The van der Waals surface area contributed by atoms with Crippen molar-refractivity contribution in [3.63, 3.8) is 0 Å². The van der Waals surface area contributed by atoms with Crippen molar-refractivity contribution in [1.29, 1.82) is 0 Å². The molecule has 2 heterocycles. The van der Waals surface area contributed by atoms with E-state index in [-0.39, 0.29) is 17.4 Å². The van der Waals surface area contributed by atoms with Crippen LogP contribution in [0.1, 0.15) is 20.2 Å². The Labute approximate surface area is 167 Å². The van der Waals surface area contributed by atoms with Crippen LogP contribution in [0.5, 0.6) is 0 Å². The molecule has 0 radical (unpaired) electrons. The number of thiophene rings is 1. The summed E-state index contributed by atoms with van der Waals surface area (Å²) in [5, 5.41) is 7.77. The monoisotopic (exact) mass is 414 g/mol. The van der Waals surface area contributed by atoms with Crippen molar-refractivity contribution >= 4 is 50.5 Å². The molecule has 0 aliphatic carbocycles. The summed E-state index contributed by atoms with van der Waals surface area (Å²) in [6.07, 6.45) is 1.61. The molecule has 0 fully saturated rings. The van der Waals surface area contributed by atoms with E-state index in [1.165, 1.54) is 22.9 Å². The molecule has 2 aromatic heterocycles. The van der Waals surface area contributed by atoms with Crippen molar-refractivity contribution in [2.45, 2.75) is 0 Å². The van der Waals surface area contributed by atoms with Crippen molar-refractivity contribution in [3.05, 3.63) is 76.1 Å².